The average molecular weight is 195 g/mol. The molecule has 1 aliphatic carbocycles. The fraction of sp³-hybridized carbons (Fsp3) is 1.00. The summed E-state index contributed by atoms with van der Waals surface area (Å²) >= 11 is 0. The van der Waals surface area contributed by atoms with Crippen LogP contribution in [0.5, 0.6) is 0 Å². The van der Waals surface area contributed by atoms with E-state index in [1.165, 1.54) is 32.6 Å². The zero-order valence-corrected chi connectivity index (χ0v) is 9.02. The van der Waals surface area contributed by atoms with Gasteiger partial charge in [0.25, 0.3) is 0 Å². The van der Waals surface area contributed by atoms with Gasteiger partial charge in [0, 0.05) is 25.7 Å². The number of nitrogens with two attached hydrogens (primary N) is 1. The SMILES string of the molecule is CN1CCC(N2CC3C(CN)C3C2)C1. The van der Waals surface area contributed by atoms with Crippen molar-refractivity contribution in [3.63, 3.8) is 0 Å². The van der Waals surface area contributed by atoms with Crippen molar-refractivity contribution in [2.45, 2.75) is 12.5 Å². The second kappa shape index (κ2) is 3.19. The first-order chi connectivity index (χ1) is 6.79. The maximum absolute atomic E-state index is 5.72. The van der Waals surface area contributed by atoms with E-state index in [-0.39, 0.29) is 0 Å². The highest BCUT2D eigenvalue weighted by Gasteiger charge is 2.55. The molecule has 3 unspecified atom stereocenters. The molecule has 14 heavy (non-hydrogen) atoms. The lowest BCUT2D eigenvalue weighted by Crippen LogP contribution is -2.37. The van der Waals surface area contributed by atoms with E-state index >= 15 is 0 Å². The lowest BCUT2D eigenvalue weighted by Gasteiger charge is -2.26. The Balaban J connectivity index is 1.54. The minimum Gasteiger partial charge on any atom is -0.330 e. The number of likely N-dealkylation sites (tertiary alicyclic amines) is 2. The average Bonchev–Trinajstić information content (AvgIpc) is 2.56. The van der Waals surface area contributed by atoms with Gasteiger partial charge in [0.1, 0.15) is 0 Å². The van der Waals surface area contributed by atoms with Gasteiger partial charge in [0.05, 0.1) is 0 Å². The number of nitrogens with zero attached hydrogens (tertiary/aromatic N) is 2. The Bertz CT molecular complexity index is 219. The molecule has 3 atom stereocenters. The molecule has 3 rings (SSSR count). The van der Waals surface area contributed by atoms with E-state index in [2.05, 4.69) is 16.8 Å². The fourth-order valence-corrected chi connectivity index (χ4v) is 3.54. The van der Waals surface area contributed by atoms with Gasteiger partial charge in [-0.2, -0.15) is 0 Å². The number of piperidine rings is 1. The molecule has 2 aliphatic heterocycles. The zero-order chi connectivity index (χ0) is 9.71. The van der Waals surface area contributed by atoms with Crippen LogP contribution in [-0.2, 0) is 0 Å². The molecule has 3 aliphatic rings. The fourth-order valence-electron chi connectivity index (χ4n) is 3.54. The van der Waals surface area contributed by atoms with Crippen LogP contribution in [0.25, 0.3) is 0 Å². The van der Waals surface area contributed by atoms with Crippen LogP contribution < -0.4 is 5.73 Å². The predicted molar refractivity (Wildman–Crippen MR) is 57.0 cm³/mol. The quantitative estimate of drug-likeness (QED) is 0.664. The summed E-state index contributed by atoms with van der Waals surface area (Å²) in [6.45, 7) is 6.17. The molecule has 0 amide bonds. The van der Waals surface area contributed by atoms with E-state index < -0.39 is 0 Å². The summed E-state index contributed by atoms with van der Waals surface area (Å²) in [5.74, 6) is 2.81. The van der Waals surface area contributed by atoms with Crippen molar-refractivity contribution in [3.05, 3.63) is 0 Å². The molecule has 0 spiro atoms. The molecule has 2 N–H and O–H groups in total. The van der Waals surface area contributed by atoms with Gasteiger partial charge >= 0.3 is 0 Å². The molecule has 3 heteroatoms. The smallest absolute Gasteiger partial charge is 0.0235 e. The summed E-state index contributed by atoms with van der Waals surface area (Å²) in [7, 11) is 2.24. The van der Waals surface area contributed by atoms with Crippen LogP contribution in [0.3, 0.4) is 0 Å². The van der Waals surface area contributed by atoms with Crippen LogP contribution in [0.1, 0.15) is 6.42 Å². The van der Waals surface area contributed by atoms with Crippen molar-refractivity contribution in [2.24, 2.45) is 23.5 Å². The Morgan fingerprint density at radius 2 is 1.93 bits per heavy atom. The highest BCUT2D eigenvalue weighted by atomic mass is 15.3. The Labute approximate surface area is 86.2 Å². The summed E-state index contributed by atoms with van der Waals surface area (Å²) in [6.07, 6.45) is 1.38. The number of rotatable bonds is 2. The number of hydrogen-bond acceptors (Lipinski definition) is 3. The van der Waals surface area contributed by atoms with E-state index in [0.717, 1.165) is 30.3 Å². The van der Waals surface area contributed by atoms with Gasteiger partial charge in [-0.25, -0.2) is 0 Å². The molecule has 0 aromatic carbocycles. The van der Waals surface area contributed by atoms with E-state index in [4.69, 9.17) is 5.73 Å². The maximum Gasteiger partial charge on any atom is 0.0235 e. The largest absolute Gasteiger partial charge is 0.330 e. The molecular weight excluding hydrogens is 174 g/mol. The molecule has 0 aromatic rings. The van der Waals surface area contributed by atoms with Crippen molar-refractivity contribution in [1.29, 1.82) is 0 Å². The van der Waals surface area contributed by atoms with Gasteiger partial charge in [-0.05, 0) is 44.3 Å². The van der Waals surface area contributed by atoms with Gasteiger partial charge in [-0.3, -0.25) is 4.90 Å². The van der Waals surface area contributed by atoms with Crippen LogP contribution in [0, 0.1) is 17.8 Å². The summed E-state index contributed by atoms with van der Waals surface area (Å²) < 4.78 is 0. The van der Waals surface area contributed by atoms with Crippen LogP contribution in [0.15, 0.2) is 0 Å². The molecule has 2 saturated heterocycles. The van der Waals surface area contributed by atoms with Crippen LogP contribution >= 0.6 is 0 Å². The van der Waals surface area contributed by atoms with Crippen LogP contribution in [-0.4, -0.2) is 55.6 Å². The third-order valence-electron chi connectivity index (χ3n) is 4.55. The van der Waals surface area contributed by atoms with Gasteiger partial charge in [0.2, 0.25) is 0 Å². The van der Waals surface area contributed by atoms with Crippen molar-refractivity contribution in [2.75, 3.05) is 39.8 Å². The highest BCUT2D eigenvalue weighted by Crippen LogP contribution is 2.51. The lowest BCUT2D eigenvalue weighted by atomic mass is 10.2. The van der Waals surface area contributed by atoms with Gasteiger partial charge in [0.15, 0.2) is 0 Å². The zero-order valence-electron chi connectivity index (χ0n) is 9.02. The Hall–Kier alpha value is -0.120. The Kier molecular flexibility index (Phi) is 2.08. The van der Waals surface area contributed by atoms with Crippen molar-refractivity contribution >= 4 is 0 Å². The second-order valence-electron chi connectivity index (χ2n) is 5.39. The minimum absolute atomic E-state index is 0.853. The van der Waals surface area contributed by atoms with Crippen LogP contribution in [0.2, 0.25) is 0 Å². The number of fused-ring (bicyclic) bond motifs is 1. The van der Waals surface area contributed by atoms with Gasteiger partial charge < -0.3 is 10.6 Å². The molecule has 0 radical (unpaired) electrons. The topological polar surface area (TPSA) is 32.5 Å². The number of hydrogen-bond donors (Lipinski definition) is 1. The molecule has 2 heterocycles. The molecule has 3 nitrogen and oxygen atoms in total. The first-order valence-electron chi connectivity index (χ1n) is 5.92. The molecule has 3 fully saturated rings. The minimum atomic E-state index is 0.853. The Morgan fingerprint density at radius 3 is 2.43 bits per heavy atom. The third-order valence-corrected chi connectivity index (χ3v) is 4.55. The lowest BCUT2D eigenvalue weighted by molar-refractivity contribution is 0.209. The van der Waals surface area contributed by atoms with E-state index in [9.17, 15) is 0 Å². The highest BCUT2D eigenvalue weighted by molar-refractivity contribution is 5.07. The Morgan fingerprint density at radius 1 is 1.21 bits per heavy atom. The van der Waals surface area contributed by atoms with Crippen molar-refractivity contribution in [1.82, 2.24) is 9.80 Å². The van der Waals surface area contributed by atoms with Gasteiger partial charge in [-0.15, -0.1) is 0 Å². The molecule has 80 valence electrons. The first-order valence-corrected chi connectivity index (χ1v) is 5.92. The molecular formula is C11H21N3. The monoisotopic (exact) mass is 195 g/mol. The summed E-state index contributed by atoms with van der Waals surface area (Å²) in [5, 5.41) is 0. The van der Waals surface area contributed by atoms with E-state index in [0.29, 0.717) is 0 Å². The van der Waals surface area contributed by atoms with Crippen LogP contribution in [0.4, 0.5) is 0 Å². The van der Waals surface area contributed by atoms with Gasteiger partial charge in [-0.1, -0.05) is 0 Å². The summed E-state index contributed by atoms with van der Waals surface area (Å²) in [6, 6.07) is 0.853. The third kappa shape index (κ3) is 1.30. The predicted octanol–water partition coefficient (Wildman–Crippen LogP) is -0.173. The van der Waals surface area contributed by atoms with E-state index in [1.54, 1.807) is 0 Å². The number of likely N-dealkylation sites (N-methyl/N-ethyl adjacent to an activating group) is 1. The maximum atomic E-state index is 5.72. The summed E-state index contributed by atoms with van der Waals surface area (Å²) in [5.41, 5.74) is 5.72. The molecule has 1 saturated carbocycles. The first kappa shape index (κ1) is 9.13. The van der Waals surface area contributed by atoms with Crippen molar-refractivity contribution < 1.29 is 0 Å². The van der Waals surface area contributed by atoms with Crippen molar-refractivity contribution in [3.8, 4) is 0 Å². The normalized spacial score (nSPS) is 48.4. The summed E-state index contributed by atoms with van der Waals surface area (Å²) in [4.78, 5) is 5.17. The molecule has 0 aromatic heterocycles. The molecule has 0 bridgehead atoms. The van der Waals surface area contributed by atoms with E-state index in [1.807, 2.05) is 0 Å². The second-order valence-corrected chi connectivity index (χ2v) is 5.39. The standard InChI is InChI=1S/C11H21N3/c1-13-3-2-8(5-13)14-6-10-9(4-12)11(10)7-14/h8-11H,2-7,12H2,1H3.